The maximum absolute atomic E-state index is 12.6. The zero-order valence-electron chi connectivity index (χ0n) is 14.2. The summed E-state index contributed by atoms with van der Waals surface area (Å²) in [4.78, 5) is 15.7. The largest absolute Gasteiger partial charge is 0.417 e. The lowest BCUT2D eigenvalue weighted by molar-refractivity contribution is -0.137. The molecule has 5 nitrogen and oxygen atoms in total. The van der Waals surface area contributed by atoms with Gasteiger partial charge in [-0.3, -0.25) is 4.79 Å². The van der Waals surface area contributed by atoms with Gasteiger partial charge in [-0.05, 0) is 24.3 Å². The van der Waals surface area contributed by atoms with E-state index >= 15 is 0 Å². The second-order valence-electron chi connectivity index (χ2n) is 5.53. The van der Waals surface area contributed by atoms with E-state index in [1.165, 1.54) is 18.2 Å². The number of amides is 1. The number of aromatic nitrogens is 1. The number of thioether (sulfide) groups is 1. The van der Waals surface area contributed by atoms with Crippen molar-refractivity contribution in [1.82, 2.24) is 10.3 Å². The van der Waals surface area contributed by atoms with Crippen LogP contribution in [0.25, 0.3) is 0 Å². The molecular formula is C16H13Cl2F3N2O3S2. The summed E-state index contributed by atoms with van der Waals surface area (Å²) in [5.41, 5.74) is -0.833. The minimum atomic E-state index is -4.53. The van der Waals surface area contributed by atoms with Gasteiger partial charge in [-0.2, -0.15) is 13.2 Å². The highest BCUT2D eigenvalue weighted by molar-refractivity contribution is 7.99. The number of carbonyl (C=O) groups is 1. The van der Waals surface area contributed by atoms with Crippen molar-refractivity contribution in [2.75, 3.05) is 18.6 Å². The Morgan fingerprint density at radius 1 is 1.21 bits per heavy atom. The fraction of sp³-hybridized carbons (Fsp3) is 0.250. The molecule has 28 heavy (non-hydrogen) atoms. The van der Waals surface area contributed by atoms with E-state index in [4.69, 9.17) is 23.2 Å². The van der Waals surface area contributed by atoms with Gasteiger partial charge in [0.2, 0.25) is 0 Å². The number of alkyl halides is 3. The molecular weight excluding hydrogens is 460 g/mol. The molecule has 2 rings (SSSR count). The zero-order valence-corrected chi connectivity index (χ0v) is 17.3. The van der Waals surface area contributed by atoms with E-state index in [1.54, 1.807) is 0 Å². The molecule has 1 N–H and O–H groups in total. The smallest absolute Gasteiger partial charge is 0.351 e. The number of pyridine rings is 1. The van der Waals surface area contributed by atoms with Crippen molar-refractivity contribution in [1.29, 1.82) is 0 Å². The molecule has 12 heteroatoms. The molecule has 1 aromatic carbocycles. The number of sulfone groups is 1. The van der Waals surface area contributed by atoms with Crippen LogP contribution >= 0.6 is 35.0 Å². The van der Waals surface area contributed by atoms with Crippen LogP contribution in [0.4, 0.5) is 13.2 Å². The van der Waals surface area contributed by atoms with Crippen molar-refractivity contribution in [2.45, 2.75) is 16.1 Å². The Labute approximate surface area is 173 Å². The molecule has 152 valence electrons. The van der Waals surface area contributed by atoms with Crippen LogP contribution < -0.4 is 5.32 Å². The number of carbonyl (C=O) groups excluding carboxylic acids is 1. The lowest BCUT2D eigenvalue weighted by Crippen LogP contribution is -2.26. The van der Waals surface area contributed by atoms with Crippen LogP contribution in [0.1, 0.15) is 15.9 Å². The Morgan fingerprint density at radius 3 is 2.46 bits per heavy atom. The second kappa shape index (κ2) is 8.89. The van der Waals surface area contributed by atoms with Gasteiger partial charge in [-0.15, -0.1) is 11.8 Å². The van der Waals surface area contributed by atoms with Crippen LogP contribution in [-0.2, 0) is 16.0 Å². The number of hydrogen-bond acceptors (Lipinski definition) is 5. The number of nitrogens with one attached hydrogen (secondary N) is 1. The van der Waals surface area contributed by atoms with Gasteiger partial charge in [0.05, 0.1) is 20.5 Å². The Hall–Kier alpha value is -1.49. The Morgan fingerprint density at radius 2 is 1.89 bits per heavy atom. The third kappa shape index (κ3) is 6.00. The average molecular weight is 473 g/mol. The highest BCUT2D eigenvalue weighted by Crippen LogP contribution is 2.33. The summed E-state index contributed by atoms with van der Waals surface area (Å²) in [6, 6.07) is 4.66. The third-order valence-corrected chi connectivity index (χ3v) is 6.34. The molecule has 0 unspecified atom stereocenters. The summed E-state index contributed by atoms with van der Waals surface area (Å²) in [5, 5.41) is 2.65. The van der Waals surface area contributed by atoms with E-state index in [1.807, 2.05) is 0 Å². The first-order valence-electron chi connectivity index (χ1n) is 7.53. The van der Waals surface area contributed by atoms with Gasteiger partial charge < -0.3 is 5.32 Å². The monoisotopic (exact) mass is 472 g/mol. The summed E-state index contributed by atoms with van der Waals surface area (Å²) in [6.45, 7) is 0.152. The number of halogens is 5. The van der Waals surface area contributed by atoms with E-state index in [0.717, 1.165) is 24.1 Å². The van der Waals surface area contributed by atoms with Gasteiger partial charge in [-0.1, -0.05) is 23.2 Å². The van der Waals surface area contributed by atoms with Crippen molar-refractivity contribution < 1.29 is 26.4 Å². The molecule has 0 bridgehead atoms. The Bertz CT molecular complexity index is 999. The van der Waals surface area contributed by atoms with E-state index in [0.29, 0.717) is 6.20 Å². The summed E-state index contributed by atoms with van der Waals surface area (Å²) >= 11 is 12.7. The maximum Gasteiger partial charge on any atom is 0.417 e. The van der Waals surface area contributed by atoms with Crippen molar-refractivity contribution >= 4 is 50.7 Å². The molecule has 0 fully saturated rings. The summed E-state index contributed by atoms with van der Waals surface area (Å²) < 4.78 is 61.1. The number of nitrogens with zero attached hydrogens (tertiary/aromatic N) is 1. The molecule has 0 aliphatic carbocycles. The number of hydrogen-bond donors (Lipinski definition) is 1. The molecule has 0 atom stereocenters. The highest BCUT2D eigenvalue weighted by atomic mass is 35.5. The van der Waals surface area contributed by atoms with E-state index < -0.39 is 27.5 Å². The van der Waals surface area contributed by atoms with Crippen LogP contribution in [0.3, 0.4) is 0 Å². The lowest BCUT2D eigenvalue weighted by Gasteiger charge is -2.10. The fourth-order valence-corrected chi connectivity index (χ4v) is 4.38. The second-order valence-corrected chi connectivity index (χ2v) is 9.41. The first-order valence-corrected chi connectivity index (χ1v) is 11.2. The molecule has 1 aromatic heterocycles. The minimum Gasteiger partial charge on any atom is -0.351 e. The SMILES string of the molecule is CS(=O)(=O)c1cc(C(=O)NCCSc2ncc(C(F)(F)F)cc2Cl)ccc1Cl. The van der Waals surface area contributed by atoms with Gasteiger partial charge in [0, 0.05) is 30.3 Å². The molecule has 1 heterocycles. The van der Waals surface area contributed by atoms with E-state index in [2.05, 4.69) is 10.3 Å². The maximum atomic E-state index is 12.6. The van der Waals surface area contributed by atoms with Gasteiger partial charge >= 0.3 is 6.18 Å². The van der Waals surface area contributed by atoms with Crippen molar-refractivity contribution in [2.24, 2.45) is 0 Å². The normalized spacial score (nSPS) is 12.1. The van der Waals surface area contributed by atoms with Crippen LogP contribution in [0.15, 0.2) is 40.4 Å². The van der Waals surface area contributed by atoms with E-state index in [-0.39, 0.29) is 37.8 Å². The van der Waals surface area contributed by atoms with Gasteiger partial charge in [0.15, 0.2) is 9.84 Å². The summed E-state index contributed by atoms with van der Waals surface area (Å²) in [7, 11) is -3.59. The molecule has 1 amide bonds. The predicted octanol–water partition coefficient (Wildman–Crippen LogP) is 4.33. The quantitative estimate of drug-likeness (QED) is 0.499. The Balaban J connectivity index is 1.95. The number of benzene rings is 1. The molecule has 2 aromatic rings. The molecule has 0 radical (unpaired) electrons. The first kappa shape index (κ1) is 22.8. The first-order chi connectivity index (χ1) is 12.9. The number of rotatable bonds is 6. The van der Waals surface area contributed by atoms with Crippen LogP contribution in [-0.4, -0.2) is 37.9 Å². The predicted molar refractivity (Wildman–Crippen MR) is 102 cm³/mol. The zero-order chi connectivity index (χ0) is 21.1. The van der Waals surface area contributed by atoms with Crippen LogP contribution in [0.2, 0.25) is 10.0 Å². The molecule has 0 aliphatic heterocycles. The standard InChI is InChI=1S/C16H13Cl2F3N2O3S2/c1-28(25,26)13-6-9(2-3-11(13)17)14(24)22-4-5-27-15-12(18)7-10(8-23-15)16(19,20)21/h2-3,6-8H,4-5H2,1H3,(H,22,24). The summed E-state index contributed by atoms with van der Waals surface area (Å²) in [6.07, 6.45) is -2.86. The molecule has 0 spiro atoms. The van der Waals surface area contributed by atoms with Gasteiger partial charge in [0.1, 0.15) is 5.03 Å². The average Bonchev–Trinajstić information content (AvgIpc) is 2.58. The molecule has 0 saturated heterocycles. The lowest BCUT2D eigenvalue weighted by atomic mass is 10.2. The summed E-state index contributed by atoms with van der Waals surface area (Å²) in [5.74, 6) is -0.232. The molecule has 0 saturated carbocycles. The highest BCUT2D eigenvalue weighted by Gasteiger charge is 2.31. The Kier molecular flexibility index (Phi) is 7.24. The van der Waals surface area contributed by atoms with Crippen molar-refractivity contribution in [3.63, 3.8) is 0 Å². The topological polar surface area (TPSA) is 76.1 Å². The van der Waals surface area contributed by atoms with Gasteiger partial charge in [0.25, 0.3) is 5.91 Å². The van der Waals surface area contributed by atoms with Crippen molar-refractivity contribution in [3.05, 3.63) is 51.6 Å². The van der Waals surface area contributed by atoms with Gasteiger partial charge in [-0.25, -0.2) is 13.4 Å². The molecule has 0 aliphatic rings. The fourth-order valence-electron chi connectivity index (χ4n) is 2.03. The van der Waals surface area contributed by atoms with Crippen LogP contribution in [0, 0.1) is 0 Å². The van der Waals surface area contributed by atoms with Crippen molar-refractivity contribution in [3.8, 4) is 0 Å². The van der Waals surface area contributed by atoms with Crippen LogP contribution in [0.5, 0.6) is 0 Å². The minimum absolute atomic E-state index is 0.0117. The third-order valence-electron chi connectivity index (χ3n) is 3.35. The van der Waals surface area contributed by atoms with E-state index in [9.17, 15) is 26.4 Å².